The molecule has 28 heavy (non-hydrogen) atoms. The minimum Gasteiger partial charge on any atom is -0.280 e. The third-order valence-electron chi connectivity index (χ3n) is 4.14. The Morgan fingerprint density at radius 3 is 2.21 bits per heavy atom. The first-order valence-electron chi connectivity index (χ1n) is 8.49. The number of thiazole rings is 1. The van der Waals surface area contributed by atoms with Crippen LogP contribution in [-0.4, -0.2) is 27.9 Å². The number of hydrogen-bond donors (Lipinski definition) is 2. The van der Waals surface area contributed by atoms with Gasteiger partial charge in [0.05, 0.1) is 9.79 Å². The van der Waals surface area contributed by atoms with E-state index in [0.29, 0.717) is 5.69 Å². The molecule has 0 unspecified atom stereocenters. The third-order valence-corrected chi connectivity index (χ3v) is 7.89. The lowest BCUT2D eigenvalue weighted by molar-refractivity contribution is 0.580. The number of nitrogens with one attached hydrogen (secondary N) is 2. The zero-order valence-electron chi connectivity index (χ0n) is 14.6. The SMILES string of the molecule is O=S(=O)(Nc1cccc(-c2nccs2)c1)c1ccc(S(=O)(=O)NC2CC2)cc1. The molecule has 0 amide bonds. The maximum absolute atomic E-state index is 12.7. The van der Waals surface area contributed by atoms with E-state index in [0.717, 1.165) is 23.4 Å². The Labute approximate surface area is 167 Å². The van der Waals surface area contributed by atoms with Crippen LogP contribution in [0, 0.1) is 0 Å². The van der Waals surface area contributed by atoms with Crippen LogP contribution in [-0.2, 0) is 20.0 Å². The molecule has 1 aliphatic carbocycles. The second-order valence-corrected chi connectivity index (χ2v) is 10.7. The van der Waals surface area contributed by atoms with Crippen LogP contribution in [0.25, 0.3) is 10.6 Å². The summed E-state index contributed by atoms with van der Waals surface area (Å²) >= 11 is 1.46. The van der Waals surface area contributed by atoms with Gasteiger partial charge in [0, 0.05) is 28.9 Å². The van der Waals surface area contributed by atoms with Gasteiger partial charge in [0.1, 0.15) is 5.01 Å². The summed E-state index contributed by atoms with van der Waals surface area (Å²) in [4.78, 5) is 4.25. The number of sulfonamides is 2. The molecular formula is C18H17N3O4S3. The van der Waals surface area contributed by atoms with Crippen LogP contribution in [0.2, 0.25) is 0 Å². The average Bonchev–Trinajstić information content (AvgIpc) is 3.29. The maximum atomic E-state index is 12.7. The number of rotatable bonds is 7. The van der Waals surface area contributed by atoms with Gasteiger partial charge in [0.2, 0.25) is 10.0 Å². The molecule has 2 aromatic carbocycles. The van der Waals surface area contributed by atoms with Crippen LogP contribution < -0.4 is 9.44 Å². The van der Waals surface area contributed by atoms with E-state index in [1.165, 1.54) is 35.6 Å². The minimum atomic E-state index is -3.85. The van der Waals surface area contributed by atoms with Crippen molar-refractivity contribution in [2.75, 3.05) is 4.72 Å². The molecule has 1 aliphatic rings. The second-order valence-electron chi connectivity index (χ2n) is 6.39. The highest BCUT2D eigenvalue weighted by atomic mass is 32.2. The van der Waals surface area contributed by atoms with Crippen molar-refractivity contribution in [3.8, 4) is 10.6 Å². The highest BCUT2D eigenvalue weighted by molar-refractivity contribution is 7.92. The molecule has 0 spiro atoms. The highest BCUT2D eigenvalue weighted by Crippen LogP contribution is 2.26. The molecule has 1 heterocycles. The van der Waals surface area contributed by atoms with Gasteiger partial charge >= 0.3 is 0 Å². The molecule has 0 aliphatic heterocycles. The molecule has 1 aromatic heterocycles. The zero-order chi connectivity index (χ0) is 19.8. The molecule has 7 nitrogen and oxygen atoms in total. The highest BCUT2D eigenvalue weighted by Gasteiger charge is 2.28. The first kappa shape index (κ1) is 19.1. The standard InChI is InChI=1S/C18H17N3O4S3/c22-27(23,20-14-4-5-14)16-6-8-17(9-7-16)28(24,25)21-15-3-1-2-13(12-15)18-19-10-11-26-18/h1-3,6-12,14,20-21H,4-5H2. The van der Waals surface area contributed by atoms with Gasteiger partial charge in [0.25, 0.3) is 10.0 Å². The molecular weight excluding hydrogens is 418 g/mol. The lowest BCUT2D eigenvalue weighted by atomic mass is 10.2. The van der Waals surface area contributed by atoms with Gasteiger partial charge in [-0.05, 0) is 49.2 Å². The van der Waals surface area contributed by atoms with E-state index in [-0.39, 0.29) is 15.8 Å². The van der Waals surface area contributed by atoms with Gasteiger partial charge in [-0.2, -0.15) is 0 Å². The topological polar surface area (TPSA) is 105 Å². The van der Waals surface area contributed by atoms with Crippen LogP contribution in [0.5, 0.6) is 0 Å². The van der Waals surface area contributed by atoms with Crippen molar-refractivity contribution in [2.24, 2.45) is 0 Å². The van der Waals surface area contributed by atoms with Crippen molar-refractivity contribution in [1.29, 1.82) is 0 Å². The van der Waals surface area contributed by atoms with Crippen LogP contribution >= 0.6 is 11.3 Å². The monoisotopic (exact) mass is 435 g/mol. The molecule has 4 rings (SSSR count). The van der Waals surface area contributed by atoms with Crippen LogP contribution in [0.1, 0.15) is 12.8 Å². The van der Waals surface area contributed by atoms with Crippen molar-refractivity contribution in [1.82, 2.24) is 9.71 Å². The van der Waals surface area contributed by atoms with Crippen molar-refractivity contribution in [3.05, 3.63) is 60.1 Å². The molecule has 0 radical (unpaired) electrons. The van der Waals surface area contributed by atoms with E-state index in [4.69, 9.17) is 0 Å². The van der Waals surface area contributed by atoms with Gasteiger partial charge in [-0.1, -0.05) is 12.1 Å². The molecule has 1 saturated carbocycles. The fourth-order valence-electron chi connectivity index (χ4n) is 2.58. The lowest BCUT2D eigenvalue weighted by Crippen LogP contribution is -2.25. The van der Waals surface area contributed by atoms with E-state index >= 15 is 0 Å². The molecule has 0 bridgehead atoms. The van der Waals surface area contributed by atoms with E-state index in [9.17, 15) is 16.8 Å². The van der Waals surface area contributed by atoms with E-state index in [1.54, 1.807) is 24.4 Å². The molecule has 0 saturated heterocycles. The van der Waals surface area contributed by atoms with Crippen LogP contribution in [0.15, 0.2) is 69.9 Å². The Morgan fingerprint density at radius 2 is 1.61 bits per heavy atom. The number of benzene rings is 2. The first-order valence-corrected chi connectivity index (χ1v) is 12.3. The molecule has 10 heteroatoms. The van der Waals surface area contributed by atoms with Crippen LogP contribution in [0.3, 0.4) is 0 Å². The van der Waals surface area contributed by atoms with E-state index in [2.05, 4.69) is 14.4 Å². The summed E-state index contributed by atoms with van der Waals surface area (Å²) in [5, 5.41) is 2.64. The van der Waals surface area contributed by atoms with Gasteiger partial charge < -0.3 is 0 Å². The summed E-state index contributed by atoms with van der Waals surface area (Å²) < 4.78 is 54.8. The summed E-state index contributed by atoms with van der Waals surface area (Å²) in [6.07, 6.45) is 3.34. The van der Waals surface area contributed by atoms with Crippen molar-refractivity contribution < 1.29 is 16.8 Å². The fraction of sp³-hybridized carbons (Fsp3) is 0.167. The van der Waals surface area contributed by atoms with Gasteiger partial charge in [0.15, 0.2) is 0 Å². The molecule has 2 N–H and O–H groups in total. The number of nitrogens with zero attached hydrogens (tertiary/aromatic N) is 1. The van der Waals surface area contributed by atoms with E-state index in [1.807, 2.05) is 11.4 Å². The molecule has 0 atom stereocenters. The van der Waals surface area contributed by atoms with E-state index < -0.39 is 20.0 Å². The second kappa shape index (κ2) is 7.28. The predicted molar refractivity (Wildman–Crippen MR) is 108 cm³/mol. The Morgan fingerprint density at radius 1 is 0.929 bits per heavy atom. The largest absolute Gasteiger partial charge is 0.280 e. The molecule has 1 fully saturated rings. The summed E-state index contributed by atoms with van der Waals surface area (Å²) in [6.45, 7) is 0. The summed E-state index contributed by atoms with van der Waals surface area (Å²) in [5.41, 5.74) is 1.21. The maximum Gasteiger partial charge on any atom is 0.261 e. The van der Waals surface area contributed by atoms with Gasteiger partial charge in [-0.15, -0.1) is 11.3 Å². The van der Waals surface area contributed by atoms with Gasteiger partial charge in [-0.25, -0.2) is 26.5 Å². The normalized spacial score (nSPS) is 14.7. The Hall–Kier alpha value is -2.27. The Balaban J connectivity index is 1.54. The van der Waals surface area contributed by atoms with Gasteiger partial charge in [-0.3, -0.25) is 4.72 Å². The van der Waals surface area contributed by atoms with Crippen molar-refractivity contribution >= 4 is 37.1 Å². The first-order chi connectivity index (χ1) is 13.3. The fourth-order valence-corrected chi connectivity index (χ4v) is 5.57. The number of aromatic nitrogens is 1. The van der Waals surface area contributed by atoms with Crippen LogP contribution in [0.4, 0.5) is 5.69 Å². The Bertz CT molecular complexity index is 1190. The summed E-state index contributed by atoms with van der Waals surface area (Å²) in [6, 6.07) is 12.1. The van der Waals surface area contributed by atoms with Crippen molar-refractivity contribution in [3.63, 3.8) is 0 Å². The third kappa shape index (κ3) is 4.25. The average molecular weight is 436 g/mol. The summed E-state index contributed by atoms with van der Waals surface area (Å²) in [7, 11) is -7.47. The smallest absolute Gasteiger partial charge is 0.261 e. The molecule has 3 aromatic rings. The van der Waals surface area contributed by atoms with Crippen molar-refractivity contribution in [2.45, 2.75) is 28.7 Å². The lowest BCUT2D eigenvalue weighted by Gasteiger charge is -2.10. The number of hydrogen-bond acceptors (Lipinski definition) is 6. The summed E-state index contributed by atoms with van der Waals surface area (Å²) in [5.74, 6) is 0. The quantitative estimate of drug-likeness (QED) is 0.593. The molecule has 146 valence electrons. The zero-order valence-corrected chi connectivity index (χ0v) is 17.0. The number of anilines is 1. The Kier molecular flexibility index (Phi) is 4.96. The minimum absolute atomic E-state index is 0.0137. The predicted octanol–water partition coefficient (Wildman–Crippen LogP) is 3.05.